The maximum absolute atomic E-state index is 11.5. The van der Waals surface area contributed by atoms with Gasteiger partial charge in [0.15, 0.2) is 5.69 Å². The van der Waals surface area contributed by atoms with Crippen LogP contribution in [0.2, 0.25) is 0 Å². The average Bonchev–Trinajstić information content (AvgIpc) is 3.04. The second-order valence-corrected chi connectivity index (χ2v) is 9.05. The van der Waals surface area contributed by atoms with Gasteiger partial charge in [0, 0.05) is 0 Å². The van der Waals surface area contributed by atoms with Crippen LogP contribution < -0.4 is 0 Å². The number of carbonyl (C=O) groups is 1. The summed E-state index contributed by atoms with van der Waals surface area (Å²) in [5.74, 6) is -2.04. The van der Waals surface area contributed by atoms with Gasteiger partial charge in [0.1, 0.15) is 0 Å². The van der Waals surface area contributed by atoms with Crippen molar-refractivity contribution in [2.24, 2.45) is 10.2 Å². The third-order valence-electron chi connectivity index (χ3n) is 4.09. The fourth-order valence-electron chi connectivity index (χ4n) is 2.57. The van der Waals surface area contributed by atoms with Crippen molar-refractivity contribution < 1.29 is 40.9 Å². The number of azo groups is 1. The van der Waals surface area contributed by atoms with E-state index in [1.54, 1.807) is 0 Å². The quantitative estimate of drug-likeness (QED) is 0.284. The monoisotopic (exact) mass is 482 g/mol. The molecule has 0 atom stereocenters. The second-order valence-electron chi connectivity index (χ2n) is 6.21. The van der Waals surface area contributed by atoms with Crippen LogP contribution in [0.3, 0.4) is 0 Å². The highest BCUT2D eigenvalue weighted by Gasteiger charge is 2.23. The van der Waals surface area contributed by atoms with E-state index in [4.69, 9.17) is 9.11 Å². The van der Waals surface area contributed by atoms with E-state index in [2.05, 4.69) is 15.3 Å². The van der Waals surface area contributed by atoms with Gasteiger partial charge in [-0.25, -0.2) is 9.48 Å². The molecule has 168 valence electrons. The molecular formula is C17H14N4O9S2. The largest absolute Gasteiger partial charge is 0.493 e. The van der Waals surface area contributed by atoms with Crippen LogP contribution >= 0.6 is 0 Å². The van der Waals surface area contributed by atoms with Crippen molar-refractivity contribution in [3.63, 3.8) is 0 Å². The number of aromatic carboxylic acids is 1. The number of rotatable bonds is 7. The van der Waals surface area contributed by atoms with Crippen molar-refractivity contribution in [3.8, 4) is 11.6 Å². The van der Waals surface area contributed by atoms with Crippen molar-refractivity contribution in [3.05, 3.63) is 59.8 Å². The van der Waals surface area contributed by atoms with Crippen LogP contribution in [0.15, 0.2) is 68.6 Å². The zero-order valence-electron chi connectivity index (χ0n) is 15.8. The summed E-state index contributed by atoms with van der Waals surface area (Å²) in [7, 11) is -8.81. The number of hydrogen-bond donors (Lipinski definition) is 4. The molecule has 1 heterocycles. The zero-order valence-corrected chi connectivity index (χ0v) is 17.4. The number of aromatic hydroxyl groups is 1. The Hall–Kier alpha value is -3.66. The first-order valence-corrected chi connectivity index (χ1v) is 11.3. The van der Waals surface area contributed by atoms with Crippen LogP contribution in [-0.4, -0.2) is 51.9 Å². The SMILES string of the molecule is O=C(O)c1nn(-c2ccc(S(=O)(=O)O)cc2)c(O)c1CN=Nc1ccc(S(=O)(=O)O)cc1. The molecule has 15 heteroatoms. The molecule has 0 radical (unpaired) electrons. The Balaban J connectivity index is 1.89. The molecular weight excluding hydrogens is 468 g/mol. The highest BCUT2D eigenvalue weighted by atomic mass is 32.2. The Morgan fingerprint density at radius 1 is 0.906 bits per heavy atom. The van der Waals surface area contributed by atoms with Gasteiger partial charge in [-0.15, -0.1) is 0 Å². The summed E-state index contributed by atoms with van der Waals surface area (Å²) >= 11 is 0. The predicted molar refractivity (Wildman–Crippen MR) is 106 cm³/mol. The lowest BCUT2D eigenvalue weighted by Gasteiger charge is -2.04. The fraction of sp³-hybridized carbons (Fsp3) is 0.0588. The van der Waals surface area contributed by atoms with Gasteiger partial charge in [-0.1, -0.05) is 0 Å². The molecule has 1 aromatic heterocycles. The Morgan fingerprint density at radius 3 is 1.88 bits per heavy atom. The van der Waals surface area contributed by atoms with E-state index < -0.39 is 49.2 Å². The summed E-state index contributed by atoms with van der Waals surface area (Å²) in [6, 6.07) is 9.18. The van der Waals surface area contributed by atoms with E-state index in [0.29, 0.717) is 0 Å². The smallest absolute Gasteiger partial charge is 0.356 e. The normalized spacial score (nSPS) is 12.3. The molecule has 13 nitrogen and oxygen atoms in total. The molecule has 2 aromatic carbocycles. The molecule has 0 saturated heterocycles. The maximum Gasteiger partial charge on any atom is 0.356 e. The molecule has 32 heavy (non-hydrogen) atoms. The summed E-state index contributed by atoms with van der Waals surface area (Å²) < 4.78 is 63.2. The van der Waals surface area contributed by atoms with E-state index in [9.17, 15) is 31.8 Å². The van der Waals surface area contributed by atoms with Crippen LogP contribution in [0.4, 0.5) is 5.69 Å². The molecule has 0 saturated carbocycles. The average molecular weight is 482 g/mol. The van der Waals surface area contributed by atoms with Gasteiger partial charge in [0.05, 0.1) is 33.3 Å². The number of nitrogens with zero attached hydrogens (tertiary/aromatic N) is 4. The Morgan fingerprint density at radius 2 is 1.41 bits per heavy atom. The van der Waals surface area contributed by atoms with E-state index in [-0.39, 0.29) is 21.8 Å². The molecule has 0 unspecified atom stereocenters. The molecule has 3 aromatic rings. The topological polar surface area (TPSA) is 209 Å². The van der Waals surface area contributed by atoms with Crippen molar-refractivity contribution in [1.82, 2.24) is 9.78 Å². The third-order valence-corrected chi connectivity index (χ3v) is 5.82. The lowest BCUT2D eigenvalue weighted by atomic mass is 10.2. The summed E-state index contributed by atoms with van der Waals surface area (Å²) in [4.78, 5) is 10.8. The molecule has 0 aliphatic carbocycles. The van der Waals surface area contributed by atoms with Crippen LogP contribution in [0.25, 0.3) is 5.69 Å². The first-order valence-electron chi connectivity index (χ1n) is 8.45. The lowest BCUT2D eigenvalue weighted by Crippen LogP contribution is -2.03. The number of carboxylic acid groups (broad SMARTS) is 1. The van der Waals surface area contributed by atoms with Crippen LogP contribution in [0.1, 0.15) is 16.1 Å². The maximum atomic E-state index is 11.5. The number of benzene rings is 2. The molecule has 0 aliphatic heterocycles. The van der Waals surface area contributed by atoms with Crippen LogP contribution in [0, 0.1) is 0 Å². The van der Waals surface area contributed by atoms with Crippen LogP contribution in [-0.2, 0) is 26.8 Å². The van der Waals surface area contributed by atoms with Crippen LogP contribution in [0.5, 0.6) is 5.88 Å². The zero-order chi connectivity index (χ0) is 23.7. The number of aromatic nitrogens is 2. The third kappa shape index (κ3) is 4.97. The highest BCUT2D eigenvalue weighted by Crippen LogP contribution is 2.27. The van der Waals surface area contributed by atoms with Crippen molar-refractivity contribution in [2.75, 3.05) is 0 Å². The summed E-state index contributed by atoms with van der Waals surface area (Å²) in [5.41, 5.74) is -0.403. The Kier molecular flexibility index (Phi) is 6.09. The predicted octanol–water partition coefficient (Wildman–Crippen LogP) is 2.05. The minimum Gasteiger partial charge on any atom is -0.493 e. The van der Waals surface area contributed by atoms with E-state index >= 15 is 0 Å². The van der Waals surface area contributed by atoms with Gasteiger partial charge in [-0.2, -0.15) is 32.2 Å². The van der Waals surface area contributed by atoms with Gasteiger partial charge in [-0.3, -0.25) is 9.11 Å². The molecule has 0 fully saturated rings. The minimum absolute atomic E-state index is 0.112. The van der Waals surface area contributed by atoms with Crippen molar-refractivity contribution in [1.29, 1.82) is 0 Å². The minimum atomic E-state index is -4.44. The summed E-state index contributed by atoms with van der Waals surface area (Å²) in [5, 5.41) is 31.2. The summed E-state index contributed by atoms with van der Waals surface area (Å²) in [6.07, 6.45) is 0. The highest BCUT2D eigenvalue weighted by molar-refractivity contribution is 7.86. The number of carboxylic acids is 1. The molecule has 3 rings (SSSR count). The van der Waals surface area contributed by atoms with E-state index in [1.807, 2.05) is 0 Å². The van der Waals surface area contributed by atoms with Gasteiger partial charge in [0.25, 0.3) is 20.2 Å². The van der Waals surface area contributed by atoms with Gasteiger partial charge in [-0.05, 0) is 48.5 Å². The molecule has 0 bridgehead atoms. The summed E-state index contributed by atoms with van der Waals surface area (Å²) in [6.45, 7) is -0.406. The molecule has 0 aliphatic rings. The van der Waals surface area contributed by atoms with E-state index in [1.165, 1.54) is 24.3 Å². The number of hydrogen-bond acceptors (Lipinski definition) is 9. The van der Waals surface area contributed by atoms with Gasteiger partial charge >= 0.3 is 5.97 Å². The molecule has 0 amide bonds. The van der Waals surface area contributed by atoms with Crippen molar-refractivity contribution >= 4 is 31.9 Å². The van der Waals surface area contributed by atoms with Crippen molar-refractivity contribution in [2.45, 2.75) is 16.3 Å². The van der Waals surface area contributed by atoms with Gasteiger partial charge in [0.2, 0.25) is 5.88 Å². The Bertz CT molecular complexity index is 1410. The second kappa shape index (κ2) is 8.46. The molecule has 0 spiro atoms. The first kappa shape index (κ1) is 23.0. The first-order chi connectivity index (χ1) is 14.9. The lowest BCUT2D eigenvalue weighted by molar-refractivity contribution is 0.0688. The fourth-order valence-corrected chi connectivity index (χ4v) is 3.53. The van der Waals surface area contributed by atoms with Gasteiger partial charge < -0.3 is 10.2 Å². The Labute approximate surface area is 180 Å². The molecule has 4 N–H and O–H groups in total. The standard InChI is InChI=1S/C17H14N4O9S2/c22-16-14(9-18-19-10-1-5-12(6-2-10)31(25,26)27)15(17(23)24)20-21(16)11-3-7-13(8-4-11)32(28,29)30/h1-8,22H,9H2,(H,23,24)(H,25,26,27)(H,28,29,30). The van der Waals surface area contributed by atoms with E-state index in [0.717, 1.165) is 28.9 Å².